The van der Waals surface area contributed by atoms with E-state index in [-0.39, 0.29) is 12.6 Å². The number of fused-ring (bicyclic) bond motifs is 1. The fourth-order valence-corrected chi connectivity index (χ4v) is 3.59. The van der Waals surface area contributed by atoms with E-state index in [1.807, 2.05) is 48.2 Å². The van der Waals surface area contributed by atoms with E-state index in [1.54, 1.807) is 12.1 Å². The van der Waals surface area contributed by atoms with Crippen molar-refractivity contribution in [3.05, 3.63) is 82.6 Å². The van der Waals surface area contributed by atoms with Crippen molar-refractivity contribution in [1.29, 1.82) is 0 Å². The summed E-state index contributed by atoms with van der Waals surface area (Å²) in [4.78, 5) is 1.88. The summed E-state index contributed by atoms with van der Waals surface area (Å²) < 4.78 is 24.3. The van der Waals surface area contributed by atoms with Gasteiger partial charge in [0.25, 0.3) is 0 Å². The number of ether oxygens (including phenoxy) is 2. The Kier molecular flexibility index (Phi) is 5.56. The number of aryl methyl sites for hydroxylation is 1. The van der Waals surface area contributed by atoms with Gasteiger partial charge in [-0.2, -0.15) is 0 Å². The molecule has 7 heteroatoms. The van der Waals surface area contributed by atoms with Crippen molar-refractivity contribution in [3.63, 3.8) is 0 Å². The number of benzene rings is 3. The van der Waals surface area contributed by atoms with Crippen LogP contribution in [-0.2, 0) is 6.54 Å². The maximum Gasteiger partial charge on any atom is 0.231 e. The summed E-state index contributed by atoms with van der Waals surface area (Å²) in [6, 6.07) is 17.6. The maximum atomic E-state index is 13.5. The van der Waals surface area contributed by atoms with Gasteiger partial charge in [-0.05, 0) is 78.8 Å². The lowest BCUT2D eigenvalue weighted by Crippen LogP contribution is -2.34. The molecule has 148 valence electrons. The van der Waals surface area contributed by atoms with Crippen molar-refractivity contribution in [3.8, 4) is 11.5 Å². The average Bonchev–Trinajstić information content (AvgIpc) is 3.17. The first-order chi connectivity index (χ1) is 14.0. The monoisotopic (exact) mass is 428 g/mol. The number of nitrogens with zero attached hydrogens (tertiary/aromatic N) is 1. The smallest absolute Gasteiger partial charge is 0.231 e. The molecule has 1 aliphatic rings. The maximum absolute atomic E-state index is 13.5. The molecule has 29 heavy (non-hydrogen) atoms. The first kappa shape index (κ1) is 19.5. The second-order valence-corrected chi connectivity index (χ2v) is 7.46. The van der Waals surface area contributed by atoms with Crippen LogP contribution in [0.2, 0.25) is 5.02 Å². The molecular weight excluding hydrogens is 411 g/mol. The van der Waals surface area contributed by atoms with Gasteiger partial charge in [-0.15, -0.1) is 0 Å². The predicted molar refractivity (Wildman–Crippen MR) is 118 cm³/mol. The highest BCUT2D eigenvalue weighted by Crippen LogP contribution is 2.33. The molecule has 3 aromatic rings. The fourth-order valence-electron chi connectivity index (χ4n) is 3.03. The third-order valence-corrected chi connectivity index (χ3v) is 5.16. The van der Waals surface area contributed by atoms with Gasteiger partial charge in [0.05, 0.1) is 17.3 Å². The van der Waals surface area contributed by atoms with Crippen LogP contribution in [0.5, 0.6) is 11.5 Å². The highest BCUT2D eigenvalue weighted by atomic mass is 35.5. The van der Waals surface area contributed by atoms with Crippen molar-refractivity contribution in [2.75, 3.05) is 17.0 Å². The summed E-state index contributed by atoms with van der Waals surface area (Å²) in [6.07, 6.45) is 0. The molecule has 0 spiro atoms. The molecule has 1 heterocycles. The standard InChI is InChI=1S/C22H18ClFN2O2S/c1-14-2-8-19(18(23)10-14)25-22(29)26(17-6-4-16(24)5-7-17)12-15-3-9-20-21(11-15)28-13-27-20/h2-11H,12-13H2,1H3,(H,25,29). The van der Waals surface area contributed by atoms with E-state index >= 15 is 0 Å². The Morgan fingerprint density at radius 3 is 2.59 bits per heavy atom. The van der Waals surface area contributed by atoms with Crippen LogP contribution >= 0.6 is 23.8 Å². The van der Waals surface area contributed by atoms with Crippen LogP contribution in [0, 0.1) is 12.7 Å². The molecule has 0 atom stereocenters. The van der Waals surface area contributed by atoms with E-state index in [0.717, 1.165) is 16.8 Å². The minimum Gasteiger partial charge on any atom is -0.454 e. The highest BCUT2D eigenvalue weighted by Gasteiger charge is 2.18. The molecule has 1 aliphatic heterocycles. The molecule has 0 aliphatic carbocycles. The van der Waals surface area contributed by atoms with Crippen LogP contribution in [-0.4, -0.2) is 11.9 Å². The zero-order chi connectivity index (χ0) is 20.4. The summed E-state index contributed by atoms with van der Waals surface area (Å²) in [5.74, 6) is 1.11. The van der Waals surface area contributed by atoms with Crippen molar-refractivity contribution in [1.82, 2.24) is 0 Å². The molecule has 1 N–H and O–H groups in total. The Morgan fingerprint density at radius 2 is 1.83 bits per heavy atom. The summed E-state index contributed by atoms with van der Waals surface area (Å²) in [5.41, 5.74) is 3.49. The molecule has 0 amide bonds. The lowest BCUT2D eigenvalue weighted by atomic mass is 10.1. The van der Waals surface area contributed by atoms with E-state index in [9.17, 15) is 4.39 Å². The first-order valence-corrected chi connectivity index (χ1v) is 9.77. The minimum atomic E-state index is -0.308. The van der Waals surface area contributed by atoms with Gasteiger partial charge < -0.3 is 19.7 Å². The van der Waals surface area contributed by atoms with Gasteiger partial charge >= 0.3 is 0 Å². The second-order valence-electron chi connectivity index (χ2n) is 6.66. The van der Waals surface area contributed by atoms with E-state index < -0.39 is 0 Å². The number of anilines is 2. The Labute approximate surface area is 178 Å². The molecule has 0 unspecified atom stereocenters. The Bertz CT molecular complexity index is 1060. The zero-order valence-electron chi connectivity index (χ0n) is 15.6. The number of hydrogen-bond donors (Lipinski definition) is 1. The van der Waals surface area contributed by atoms with Gasteiger partial charge in [-0.1, -0.05) is 23.7 Å². The Morgan fingerprint density at radius 1 is 1.07 bits per heavy atom. The average molecular weight is 429 g/mol. The normalized spacial score (nSPS) is 12.0. The molecule has 3 aromatic carbocycles. The summed E-state index contributed by atoms with van der Waals surface area (Å²) >= 11 is 12.0. The van der Waals surface area contributed by atoms with Crippen LogP contribution in [0.25, 0.3) is 0 Å². The summed E-state index contributed by atoms with van der Waals surface area (Å²) in [6.45, 7) is 2.64. The molecular formula is C22H18ClFN2O2S. The molecule has 0 saturated carbocycles. The van der Waals surface area contributed by atoms with Crippen LogP contribution in [0.1, 0.15) is 11.1 Å². The third-order valence-electron chi connectivity index (χ3n) is 4.53. The zero-order valence-corrected chi connectivity index (χ0v) is 17.2. The molecule has 0 radical (unpaired) electrons. The molecule has 4 nitrogen and oxygen atoms in total. The van der Waals surface area contributed by atoms with Crippen LogP contribution in [0.15, 0.2) is 60.7 Å². The molecule has 0 saturated heterocycles. The van der Waals surface area contributed by atoms with Crippen LogP contribution in [0.3, 0.4) is 0 Å². The SMILES string of the molecule is Cc1ccc(NC(=S)N(Cc2ccc3c(c2)OCO3)c2ccc(F)cc2)c(Cl)c1. The van der Waals surface area contributed by atoms with Crippen molar-refractivity contribution in [2.45, 2.75) is 13.5 Å². The first-order valence-electron chi connectivity index (χ1n) is 8.98. The van der Waals surface area contributed by atoms with E-state index in [4.69, 9.17) is 33.3 Å². The van der Waals surface area contributed by atoms with E-state index in [0.29, 0.717) is 33.9 Å². The molecule has 4 rings (SSSR count). The van der Waals surface area contributed by atoms with E-state index in [2.05, 4.69) is 5.32 Å². The number of rotatable bonds is 4. The molecule has 0 bridgehead atoms. The van der Waals surface area contributed by atoms with Gasteiger partial charge in [0.2, 0.25) is 6.79 Å². The summed E-state index contributed by atoms with van der Waals surface area (Å²) in [5, 5.41) is 4.22. The van der Waals surface area contributed by atoms with Crippen molar-refractivity contribution < 1.29 is 13.9 Å². The number of hydrogen-bond acceptors (Lipinski definition) is 3. The van der Waals surface area contributed by atoms with Gasteiger partial charge in [0, 0.05) is 5.69 Å². The van der Waals surface area contributed by atoms with Crippen molar-refractivity contribution in [2.24, 2.45) is 0 Å². The minimum absolute atomic E-state index is 0.215. The van der Waals surface area contributed by atoms with E-state index in [1.165, 1.54) is 12.1 Å². The molecule has 0 aromatic heterocycles. The third kappa shape index (κ3) is 4.44. The van der Waals surface area contributed by atoms with Crippen LogP contribution < -0.4 is 19.7 Å². The number of nitrogens with one attached hydrogen (secondary N) is 1. The largest absolute Gasteiger partial charge is 0.454 e. The topological polar surface area (TPSA) is 33.7 Å². The number of halogens is 2. The fraction of sp³-hybridized carbons (Fsp3) is 0.136. The predicted octanol–water partition coefficient (Wildman–Crippen LogP) is 5.92. The van der Waals surface area contributed by atoms with Gasteiger partial charge in [0.1, 0.15) is 5.82 Å². The quantitative estimate of drug-likeness (QED) is 0.521. The van der Waals surface area contributed by atoms with Crippen molar-refractivity contribution >= 4 is 40.3 Å². The lowest BCUT2D eigenvalue weighted by Gasteiger charge is -2.26. The second kappa shape index (κ2) is 8.27. The van der Waals surface area contributed by atoms with Gasteiger partial charge in [0.15, 0.2) is 16.6 Å². The highest BCUT2D eigenvalue weighted by molar-refractivity contribution is 7.80. The Balaban J connectivity index is 1.62. The van der Waals surface area contributed by atoms with Gasteiger partial charge in [-0.25, -0.2) is 4.39 Å². The lowest BCUT2D eigenvalue weighted by molar-refractivity contribution is 0.174. The van der Waals surface area contributed by atoms with Crippen LogP contribution in [0.4, 0.5) is 15.8 Å². The van der Waals surface area contributed by atoms with Gasteiger partial charge in [-0.3, -0.25) is 0 Å². The summed E-state index contributed by atoms with van der Waals surface area (Å²) in [7, 11) is 0. The number of thiocarbonyl (C=S) groups is 1. The molecule has 0 fully saturated rings. The Hall–Kier alpha value is -2.83.